The minimum absolute atomic E-state index is 0. The van der Waals surface area contributed by atoms with Crippen molar-refractivity contribution in [2.45, 2.75) is 45.6 Å². The van der Waals surface area contributed by atoms with Crippen molar-refractivity contribution in [3.8, 4) is 0 Å². The standard InChI is InChI=1S/C15H30N4OS.HI/c1-4-14(20)19-10-8-13(12-19)18-15(16-5-2)17-9-6-7-11-21-3;/h13H,4-12H2,1-3H3,(H2,16,17,18);1H. The van der Waals surface area contributed by atoms with Gasteiger partial charge in [-0.3, -0.25) is 9.79 Å². The molecule has 2 N–H and O–H groups in total. The third-order valence-electron chi connectivity index (χ3n) is 3.55. The Labute approximate surface area is 156 Å². The molecule has 1 saturated heterocycles. The lowest BCUT2D eigenvalue weighted by Gasteiger charge is -2.18. The summed E-state index contributed by atoms with van der Waals surface area (Å²) in [6.07, 6.45) is 6.08. The molecule has 0 aliphatic carbocycles. The van der Waals surface area contributed by atoms with Gasteiger partial charge in [-0.1, -0.05) is 6.92 Å². The van der Waals surface area contributed by atoms with Gasteiger partial charge in [0.2, 0.25) is 5.91 Å². The summed E-state index contributed by atoms with van der Waals surface area (Å²) in [7, 11) is 0. The van der Waals surface area contributed by atoms with Gasteiger partial charge in [-0.05, 0) is 38.2 Å². The molecule has 0 radical (unpaired) electrons. The van der Waals surface area contributed by atoms with Crippen LogP contribution in [0.1, 0.15) is 39.5 Å². The van der Waals surface area contributed by atoms with Gasteiger partial charge < -0.3 is 15.5 Å². The Morgan fingerprint density at radius 3 is 2.77 bits per heavy atom. The summed E-state index contributed by atoms with van der Waals surface area (Å²) in [5, 5.41) is 6.75. The zero-order chi connectivity index (χ0) is 15.5. The second-order valence-electron chi connectivity index (χ2n) is 5.28. The monoisotopic (exact) mass is 442 g/mol. The molecule has 1 rings (SSSR count). The van der Waals surface area contributed by atoms with E-state index in [0.717, 1.165) is 45.0 Å². The molecule has 22 heavy (non-hydrogen) atoms. The maximum atomic E-state index is 11.7. The van der Waals surface area contributed by atoms with Crippen molar-refractivity contribution < 1.29 is 4.79 Å². The Balaban J connectivity index is 0.00000441. The topological polar surface area (TPSA) is 56.7 Å². The first-order valence-corrected chi connectivity index (χ1v) is 9.42. The van der Waals surface area contributed by atoms with Gasteiger partial charge in [0.25, 0.3) is 0 Å². The molecule has 0 bridgehead atoms. The van der Waals surface area contributed by atoms with Gasteiger partial charge in [-0.2, -0.15) is 11.8 Å². The highest BCUT2D eigenvalue weighted by Gasteiger charge is 2.25. The highest BCUT2D eigenvalue weighted by Crippen LogP contribution is 2.10. The molecular formula is C15H31IN4OS. The SMILES string of the molecule is CCNC(=NCCCCSC)NC1CCN(C(=O)CC)C1.I. The summed E-state index contributed by atoms with van der Waals surface area (Å²) in [6.45, 7) is 7.37. The van der Waals surface area contributed by atoms with E-state index < -0.39 is 0 Å². The number of hydrogen-bond donors (Lipinski definition) is 2. The van der Waals surface area contributed by atoms with Crippen molar-refractivity contribution in [3.05, 3.63) is 0 Å². The van der Waals surface area contributed by atoms with Crippen molar-refractivity contribution >= 4 is 47.6 Å². The number of nitrogens with one attached hydrogen (secondary N) is 2. The number of hydrogen-bond acceptors (Lipinski definition) is 3. The van der Waals surface area contributed by atoms with E-state index in [9.17, 15) is 4.79 Å². The highest BCUT2D eigenvalue weighted by molar-refractivity contribution is 14.0. The average molecular weight is 442 g/mol. The molecular weight excluding hydrogens is 411 g/mol. The molecule has 1 aliphatic heterocycles. The van der Waals surface area contributed by atoms with Crippen LogP contribution in [0.5, 0.6) is 0 Å². The molecule has 130 valence electrons. The number of guanidine groups is 1. The van der Waals surface area contributed by atoms with Gasteiger partial charge in [0, 0.05) is 38.6 Å². The van der Waals surface area contributed by atoms with Crippen LogP contribution in [0.3, 0.4) is 0 Å². The van der Waals surface area contributed by atoms with Gasteiger partial charge >= 0.3 is 0 Å². The van der Waals surface area contributed by atoms with Crippen LogP contribution in [0.4, 0.5) is 0 Å². The summed E-state index contributed by atoms with van der Waals surface area (Å²) in [4.78, 5) is 18.3. The zero-order valence-electron chi connectivity index (χ0n) is 14.1. The molecule has 1 amide bonds. The summed E-state index contributed by atoms with van der Waals surface area (Å²) in [5.74, 6) is 2.34. The molecule has 0 saturated carbocycles. The van der Waals surface area contributed by atoms with E-state index in [4.69, 9.17) is 0 Å². The molecule has 5 nitrogen and oxygen atoms in total. The fourth-order valence-electron chi connectivity index (χ4n) is 2.39. The lowest BCUT2D eigenvalue weighted by Crippen LogP contribution is -2.45. The van der Waals surface area contributed by atoms with Crippen molar-refractivity contribution in [2.24, 2.45) is 4.99 Å². The van der Waals surface area contributed by atoms with Crippen molar-refractivity contribution in [1.29, 1.82) is 0 Å². The zero-order valence-corrected chi connectivity index (χ0v) is 17.2. The summed E-state index contributed by atoms with van der Waals surface area (Å²) < 4.78 is 0. The fourth-order valence-corrected chi connectivity index (χ4v) is 2.88. The van der Waals surface area contributed by atoms with Crippen molar-refractivity contribution in [1.82, 2.24) is 15.5 Å². The van der Waals surface area contributed by atoms with Gasteiger partial charge in [0.05, 0.1) is 0 Å². The normalized spacial score (nSPS) is 18.0. The number of halogens is 1. The first-order chi connectivity index (χ1) is 10.2. The Morgan fingerprint density at radius 1 is 1.36 bits per heavy atom. The quantitative estimate of drug-likeness (QED) is 0.262. The van der Waals surface area contributed by atoms with Crippen LogP contribution < -0.4 is 10.6 Å². The van der Waals surface area contributed by atoms with Crippen LogP contribution >= 0.6 is 35.7 Å². The Hall–Kier alpha value is -0.180. The number of likely N-dealkylation sites (tertiary alicyclic amines) is 1. The minimum Gasteiger partial charge on any atom is -0.357 e. The third-order valence-corrected chi connectivity index (χ3v) is 4.25. The van der Waals surface area contributed by atoms with E-state index in [-0.39, 0.29) is 29.9 Å². The van der Waals surface area contributed by atoms with Crippen LogP contribution in [-0.2, 0) is 4.79 Å². The van der Waals surface area contributed by atoms with Crippen LogP contribution in [0.2, 0.25) is 0 Å². The molecule has 1 unspecified atom stereocenters. The second-order valence-corrected chi connectivity index (χ2v) is 6.27. The van der Waals surface area contributed by atoms with Crippen LogP contribution in [0, 0.1) is 0 Å². The molecule has 1 aliphatic rings. The minimum atomic E-state index is 0. The van der Waals surface area contributed by atoms with E-state index in [2.05, 4.69) is 28.8 Å². The first-order valence-electron chi connectivity index (χ1n) is 8.02. The van der Waals surface area contributed by atoms with Crippen LogP contribution in [0.25, 0.3) is 0 Å². The van der Waals surface area contributed by atoms with E-state index in [1.165, 1.54) is 12.2 Å². The maximum absolute atomic E-state index is 11.7. The number of carbonyl (C=O) groups is 1. The summed E-state index contributed by atoms with van der Waals surface area (Å²) >= 11 is 1.88. The van der Waals surface area contributed by atoms with Gasteiger partial charge in [0.1, 0.15) is 0 Å². The summed E-state index contributed by atoms with van der Waals surface area (Å²) in [5.41, 5.74) is 0. The second kappa shape index (κ2) is 13.3. The molecule has 0 aromatic carbocycles. The Kier molecular flexibility index (Phi) is 13.2. The summed E-state index contributed by atoms with van der Waals surface area (Å²) in [6, 6.07) is 0.324. The number of aliphatic imine (C=N–C) groups is 1. The van der Waals surface area contributed by atoms with Gasteiger partial charge in [-0.25, -0.2) is 0 Å². The number of unbranched alkanes of at least 4 members (excludes halogenated alkanes) is 1. The van der Waals surface area contributed by atoms with E-state index in [1.807, 2.05) is 23.6 Å². The largest absolute Gasteiger partial charge is 0.357 e. The molecule has 1 heterocycles. The number of rotatable bonds is 8. The number of thioether (sulfide) groups is 1. The molecule has 0 aromatic rings. The van der Waals surface area contributed by atoms with Crippen molar-refractivity contribution in [3.63, 3.8) is 0 Å². The molecule has 1 atom stereocenters. The Bertz CT molecular complexity index is 342. The molecule has 0 spiro atoms. The Morgan fingerprint density at radius 2 is 2.14 bits per heavy atom. The van der Waals surface area contributed by atoms with E-state index in [0.29, 0.717) is 12.5 Å². The lowest BCUT2D eigenvalue weighted by molar-refractivity contribution is -0.129. The predicted molar refractivity (Wildman–Crippen MR) is 107 cm³/mol. The van der Waals surface area contributed by atoms with E-state index >= 15 is 0 Å². The lowest BCUT2D eigenvalue weighted by atomic mass is 10.3. The fraction of sp³-hybridized carbons (Fsp3) is 0.867. The molecule has 0 aromatic heterocycles. The molecule has 7 heteroatoms. The van der Waals surface area contributed by atoms with Gasteiger partial charge in [-0.15, -0.1) is 24.0 Å². The van der Waals surface area contributed by atoms with Crippen molar-refractivity contribution in [2.75, 3.05) is 38.2 Å². The smallest absolute Gasteiger partial charge is 0.222 e. The number of carbonyl (C=O) groups excluding carboxylic acids is 1. The maximum Gasteiger partial charge on any atom is 0.222 e. The third kappa shape index (κ3) is 8.45. The number of amides is 1. The van der Waals surface area contributed by atoms with E-state index in [1.54, 1.807) is 0 Å². The van der Waals surface area contributed by atoms with Crippen LogP contribution in [-0.4, -0.2) is 61.0 Å². The average Bonchev–Trinajstić information content (AvgIpc) is 2.95. The first kappa shape index (κ1) is 21.8. The molecule has 1 fully saturated rings. The van der Waals surface area contributed by atoms with Gasteiger partial charge in [0.15, 0.2) is 5.96 Å². The van der Waals surface area contributed by atoms with Crippen LogP contribution in [0.15, 0.2) is 4.99 Å². The highest BCUT2D eigenvalue weighted by atomic mass is 127. The predicted octanol–water partition coefficient (Wildman–Crippen LogP) is 2.31. The number of nitrogens with zero attached hydrogens (tertiary/aromatic N) is 2.